The Hall–Kier alpha value is -1.62. The second-order valence-electron chi connectivity index (χ2n) is 3.62. The van der Waals surface area contributed by atoms with E-state index in [0.29, 0.717) is 5.52 Å². The predicted molar refractivity (Wildman–Crippen MR) is 65.8 cm³/mol. The van der Waals surface area contributed by atoms with Gasteiger partial charge in [0.15, 0.2) is 0 Å². The summed E-state index contributed by atoms with van der Waals surface area (Å²) in [7, 11) is 0. The molecule has 16 heavy (non-hydrogen) atoms. The van der Waals surface area contributed by atoms with Crippen LogP contribution in [0.5, 0.6) is 0 Å². The van der Waals surface area contributed by atoms with Gasteiger partial charge in [0.25, 0.3) is 5.56 Å². The molecule has 0 amide bonds. The molecule has 5 heteroatoms. The number of halogens is 1. The predicted octanol–water partition coefficient (Wildman–Crippen LogP) is 2.25. The van der Waals surface area contributed by atoms with E-state index in [1.54, 1.807) is 0 Å². The normalized spacial score (nSPS) is 11.4. The van der Waals surface area contributed by atoms with E-state index in [2.05, 4.69) is 26.1 Å². The van der Waals surface area contributed by atoms with E-state index in [1.165, 1.54) is 0 Å². The highest BCUT2D eigenvalue weighted by Gasteiger charge is 2.13. The molecule has 0 bridgehead atoms. The Bertz CT molecular complexity index is 757. The second-order valence-corrected chi connectivity index (χ2v) is 4.41. The highest BCUT2D eigenvalue weighted by molar-refractivity contribution is 9.10. The zero-order valence-corrected chi connectivity index (χ0v) is 10.1. The number of aryl methyl sites for hydroxylation is 1. The van der Waals surface area contributed by atoms with Crippen LogP contribution >= 0.6 is 15.9 Å². The van der Waals surface area contributed by atoms with Gasteiger partial charge in [0.1, 0.15) is 11.3 Å². The zero-order chi connectivity index (χ0) is 11.3. The minimum absolute atomic E-state index is 0.186. The molecule has 0 atom stereocenters. The van der Waals surface area contributed by atoms with E-state index in [0.717, 1.165) is 21.2 Å². The second kappa shape index (κ2) is 3.18. The van der Waals surface area contributed by atoms with Crippen LogP contribution in [-0.4, -0.2) is 14.6 Å². The standard InChI is InChI=1S/C11H8BrN3O/c1-6-13-14-11(16)10-9(12)7-4-2-3-5-8(7)15(6)10/h2-5H,1H3,(H,14,16). The maximum absolute atomic E-state index is 11.8. The Balaban J connectivity index is 2.78. The average molecular weight is 278 g/mol. The lowest BCUT2D eigenvalue weighted by Crippen LogP contribution is -2.13. The highest BCUT2D eigenvalue weighted by Crippen LogP contribution is 2.29. The average Bonchev–Trinajstić information content (AvgIpc) is 2.60. The third kappa shape index (κ3) is 1.09. The summed E-state index contributed by atoms with van der Waals surface area (Å²) in [6.45, 7) is 1.86. The maximum atomic E-state index is 11.8. The number of aromatic nitrogens is 3. The van der Waals surface area contributed by atoms with E-state index in [9.17, 15) is 4.79 Å². The van der Waals surface area contributed by atoms with E-state index in [-0.39, 0.29) is 5.56 Å². The van der Waals surface area contributed by atoms with Crippen LogP contribution in [0, 0.1) is 6.92 Å². The molecule has 0 fully saturated rings. The molecule has 2 heterocycles. The van der Waals surface area contributed by atoms with Gasteiger partial charge in [-0.15, -0.1) is 0 Å². The van der Waals surface area contributed by atoms with E-state index in [1.807, 2.05) is 35.6 Å². The summed E-state index contributed by atoms with van der Waals surface area (Å²) >= 11 is 3.47. The fraction of sp³-hybridized carbons (Fsp3) is 0.0909. The Labute approximate surface area is 99.0 Å². The topological polar surface area (TPSA) is 50.2 Å². The van der Waals surface area contributed by atoms with Crippen LogP contribution in [-0.2, 0) is 0 Å². The van der Waals surface area contributed by atoms with Crippen LogP contribution in [0.15, 0.2) is 33.5 Å². The molecule has 1 aromatic carbocycles. The Morgan fingerprint density at radius 1 is 1.38 bits per heavy atom. The van der Waals surface area contributed by atoms with E-state index >= 15 is 0 Å². The van der Waals surface area contributed by atoms with Crippen molar-refractivity contribution < 1.29 is 0 Å². The van der Waals surface area contributed by atoms with Crippen LogP contribution in [0.3, 0.4) is 0 Å². The van der Waals surface area contributed by atoms with Gasteiger partial charge in [-0.05, 0) is 28.9 Å². The summed E-state index contributed by atoms with van der Waals surface area (Å²) in [5.41, 5.74) is 1.41. The minimum Gasteiger partial charge on any atom is -0.290 e. The van der Waals surface area contributed by atoms with Crippen molar-refractivity contribution in [3.05, 3.63) is 44.9 Å². The number of rotatable bonds is 0. The summed E-state index contributed by atoms with van der Waals surface area (Å²) in [6.07, 6.45) is 0. The fourth-order valence-corrected chi connectivity index (χ4v) is 2.67. The highest BCUT2D eigenvalue weighted by atomic mass is 79.9. The molecule has 0 aliphatic rings. The number of benzene rings is 1. The van der Waals surface area contributed by atoms with Crippen molar-refractivity contribution in [2.75, 3.05) is 0 Å². The van der Waals surface area contributed by atoms with Gasteiger partial charge in [-0.3, -0.25) is 9.20 Å². The monoisotopic (exact) mass is 277 g/mol. The third-order valence-corrected chi connectivity index (χ3v) is 3.47. The van der Waals surface area contributed by atoms with Crippen LogP contribution in [0.4, 0.5) is 0 Å². The number of hydrogen-bond donors (Lipinski definition) is 1. The molecule has 0 aliphatic carbocycles. The van der Waals surface area contributed by atoms with Crippen LogP contribution in [0.2, 0.25) is 0 Å². The van der Waals surface area contributed by atoms with Crippen LogP contribution in [0.25, 0.3) is 16.4 Å². The molecule has 0 spiro atoms. The van der Waals surface area contributed by atoms with Crippen molar-refractivity contribution in [1.29, 1.82) is 0 Å². The number of nitrogens with zero attached hydrogens (tertiary/aromatic N) is 2. The molecule has 0 unspecified atom stereocenters. The number of hydrogen-bond acceptors (Lipinski definition) is 2. The van der Waals surface area contributed by atoms with Gasteiger partial charge in [-0.25, -0.2) is 5.10 Å². The maximum Gasteiger partial charge on any atom is 0.289 e. The minimum atomic E-state index is -0.186. The molecule has 0 saturated carbocycles. The lowest BCUT2D eigenvalue weighted by atomic mass is 10.2. The summed E-state index contributed by atoms with van der Waals surface area (Å²) in [5.74, 6) is 0.761. The number of aromatic amines is 1. The molecule has 0 aliphatic heterocycles. The van der Waals surface area contributed by atoms with Crippen LogP contribution < -0.4 is 5.56 Å². The van der Waals surface area contributed by atoms with Gasteiger partial charge in [-0.1, -0.05) is 18.2 Å². The number of H-pyrrole nitrogens is 1. The molecular weight excluding hydrogens is 270 g/mol. The molecule has 2 aromatic heterocycles. The van der Waals surface area contributed by atoms with Gasteiger partial charge >= 0.3 is 0 Å². The molecule has 1 N–H and O–H groups in total. The summed E-state index contributed by atoms with van der Waals surface area (Å²) in [6, 6.07) is 7.85. The molecule has 4 nitrogen and oxygen atoms in total. The third-order valence-electron chi connectivity index (χ3n) is 2.67. The van der Waals surface area contributed by atoms with E-state index in [4.69, 9.17) is 0 Å². The number of para-hydroxylation sites is 1. The Kier molecular flexibility index (Phi) is 1.91. The molecule has 0 saturated heterocycles. The lowest BCUT2D eigenvalue weighted by Gasteiger charge is -1.99. The SMILES string of the molecule is Cc1n[nH]c(=O)c2c(Br)c3ccccc3n12. The van der Waals surface area contributed by atoms with Crippen molar-refractivity contribution in [2.45, 2.75) is 6.92 Å². The first-order chi connectivity index (χ1) is 7.70. The zero-order valence-electron chi connectivity index (χ0n) is 8.49. The molecule has 0 radical (unpaired) electrons. The van der Waals surface area contributed by atoms with E-state index < -0.39 is 0 Å². The van der Waals surface area contributed by atoms with Crippen molar-refractivity contribution in [1.82, 2.24) is 14.6 Å². The number of nitrogens with one attached hydrogen (secondary N) is 1. The first kappa shape index (κ1) is 9.59. The van der Waals surface area contributed by atoms with Crippen LogP contribution in [0.1, 0.15) is 5.82 Å². The largest absolute Gasteiger partial charge is 0.290 e. The fourth-order valence-electron chi connectivity index (χ4n) is 1.97. The van der Waals surface area contributed by atoms with Gasteiger partial charge in [-0.2, -0.15) is 5.10 Å². The Morgan fingerprint density at radius 3 is 2.94 bits per heavy atom. The molecular formula is C11H8BrN3O. The van der Waals surface area contributed by atoms with Crippen molar-refractivity contribution in [3.63, 3.8) is 0 Å². The van der Waals surface area contributed by atoms with Gasteiger partial charge < -0.3 is 0 Å². The first-order valence-corrected chi connectivity index (χ1v) is 5.63. The Morgan fingerprint density at radius 2 is 2.12 bits per heavy atom. The summed E-state index contributed by atoms with van der Waals surface area (Å²) in [5, 5.41) is 7.48. The van der Waals surface area contributed by atoms with Gasteiger partial charge in [0, 0.05) is 5.39 Å². The van der Waals surface area contributed by atoms with Crippen molar-refractivity contribution in [2.24, 2.45) is 0 Å². The van der Waals surface area contributed by atoms with Gasteiger partial charge in [0.05, 0.1) is 9.99 Å². The smallest absolute Gasteiger partial charge is 0.289 e. The first-order valence-electron chi connectivity index (χ1n) is 4.84. The van der Waals surface area contributed by atoms with Crippen molar-refractivity contribution in [3.8, 4) is 0 Å². The summed E-state index contributed by atoms with van der Waals surface area (Å²) < 4.78 is 2.67. The van der Waals surface area contributed by atoms with Gasteiger partial charge in [0.2, 0.25) is 0 Å². The van der Waals surface area contributed by atoms with Crippen molar-refractivity contribution >= 4 is 32.3 Å². The summed E-state index contributed by atoms with van der Waals surface area (Å²) in [4.78, 5) is 11.8. The molecule has 80 valence electrons. The number of fused-ring (bicyclic) bond motifs is 3. The molecule has 3 aromatic rings. The molecule has 3 rings (SSSR count). The quantitative estimate of drug-likeness (QED) is 0.685. The lowest BCUT2D eigenvalue weighted by molar-refractivity contribution is 0.872.